The van der Waals surface area contributed by atoms with Crippen molar-refractivity contribution in [3.63, 3.8) is 0 Å². The van der Waals surface area contributed by atoms with Gasteiger partial charge in [0.1, 0.15) is 0 Å². The Balaban J connectivity index is 1.66. The van der Waals surface area contributed by atoms with Crippen LogP contribution in [0.25, 0.3) is 0 Å². The molecule has 0 N–H and O–H groups in total. The molecule has 0 aliphatic heterocycles. The van der Waals surface area contributed by atoms with Gasteiger partial charge in [-0.15, -0.1) is 0 Å². The Morgan fingerprint density at radius 2 is 2.31 bits per heavy atom. The molecule has 2 aliphatic carbocycles. The lowest BCUT2D eigenvalue weighted by Crippen LogP contribution is -1.91. The van der Waals surface area contributed by atoms with Crippen LogP contribution in [-0.4, -0.2) is 0 Å². The van der Waals surface area contributed by atoms with E-state index in [4.69, 9.17) is 0 Å². The Morgan fingerprint density at radius 3 is 2.92 bits per heavy atom. The van der Waals surface area contributed by atoms with Crippen LogP contribution in [0.3, 0.4) is 0 Å². The Kier molecular flexibility index (Phi) is 2.76. The minimum Gasteiger partial charge on any atom is -0.0880 e. The van der Waals surface area contributed by atoms with Crippen LogP contribution in [-0.2, 0) is 0 Å². The molecule has 0 radical (unpaired) electrons. The van der Waals surface area contributed by atoms with Gasteiger partial charge in [0.15, 0.2) is 0 Å². The predicted molar refractivity (Wildman–Crippen MR) is 57.7 cm³/mol. The smallest absolute Gasteiger partial charge is 0.00867 e. The van der Waals surface area contributed by atoms with Crippen LogP contribution in [0.5, 0.6) is 0 Å². The van der Waals surface area contributed by atoms with E-state index in [9.17, 15) is 0 Å². The molecule has 0 heterocycles. The summed E-state index contributed by atoms with van der Waals surface area (Å²) in [6.07, 6.45) is 16.5. The monoisotopic (exact) mass is 178 g/mol. The van der Waals surface area contributed by atoms with Gasteiger partial charge in [-0.1, -0.05) is 38.3 Å². The molecule has 2 unspecified atom stereocenters. The Bertz CT molecular complexity index is 192. The van der Waals surface area contributed by atoms with E-state index in [1.165, 1.54) is 51.4 Å². The van der Waals surface area contributed by atoms with E-state index >= 15 is 0 Å². The van der Waals surface area contributed by atoms with Gasteiger partial charge >= 0.3 is 0 Å². The molecule has 0 amide bonds. The van der Waals surface area contributed by atoms with Gasteiger partial charge in [0.25, 0.3) is 0 Å². The zero-order chi connectivity index (χ0) is 9.15. The summed E-state index contributed by atoms with van der Waals surface area (Å²) in [5.41, 5.74) is 0.728. The summed E-state index contributed by atoms with van der Waals surface area (Å²) in [5, 5.41) is 0. The summed E-state index contributed by atoms with van der Waals surface area (Å²) < 4.78 is 0. The van der Waals surface area contributed by atoms with E-state index in [0.29, 0.717) is 0 Å². The van der Waals surface area contributed by atoms with Crippen LogP contribution in [0.15, 0.2) is 12.2 Å². The number of allylic oxidation sites excluding steroid dienone is 2. The second-order valence-electron chi connectivity index (χ2n) is 4.92. The lowest BCUT2D eigenvalue weighted by molar-refractivity contribution is 0.615. The van der Waals surface area contributed by atoms with Crippen molar-refractivity contribution >= 4 is 0 Å². The lowest BCUT2D eigenvalue weighted by atomic mass is 10.0. The Hall–Kier alpha value is -0.260. The fourth-order valence-corrected chi connectivity index (χ4v) is 2.89. The van der Waals surface area contributed by atoms with Crippen molar-refractivity contribution in [3.05, 3.63) is 12.2 Å². The van der Waals surface area contributed by atoms with E-state index in [0.717, 1.165) is 11.3 Å². The van der Waals surface area contributed by atoms with Crippen LogP contribution in [0.2, 0.25) is 0 Å². The molecular formula is C13H22. The third-order valence-corrected chi connectivity index (χ3v) is 3.90. The van der Waals surface area contributed by atoms with E-state index in [1.54, 1.807) is 0 Å². The fourth-order valence-electron chi connectivity index (χ4n) is 2.89. The van der Waals surface area contributed by atoms with E-state index in [-0.39, 0.29) is 0 Å². The maximum absolute atomic E-state index is 2.56. The quantitative estimate of drug-likeness (QED) is 0.434. The van der Waals surface area contributed by atoms with Gasteiger partial charge in [0.05, 0.1) is 0 Å². The van der Waals surface area contributed by atoms with Crippen molar-refractivity contribution in [1.82, 2.24) is 0 Å². The van der Waals surface area contributed by atoms with Crippen molar-refractivity contribution < 1.29 is 0 Å². The number of unbranched alkanes of at least 4 members (excludes halogenated alkanes) is 3. The molecule has 0 heteroatoms. The van der Waals surface area contributed by atoms with Crippen LogP contribution >= 0.6 is 0 Å². The first-order valence-electron chi connectivity index (χ1n) is 6.05. The van der Waals surface area contributed by atoms with Crippen molar-refractivity contribution in [1.29, 1.82) is 0 Å². The molecule has 2 aliphatic rings. The molecular weight excluding hydrogens is 156 g/mol. The van der Waals surface area contributed by atoms with Crippen LogP contribution in [0.1, 0.15) is 58.3 Å². The maximum Gasteiger partial charge on any atom is -0.00867 e. The standard InChI is InChI=1S/C13H22/c1-2-3-4-5-6-9-13-10-7-8-12(13)11-13/h6,9,12H,2-5,7-8,10-11H2,1H3. The van der Waals surface area contributed by atoms with Crippen molar-refractivity contribution in [3.8, 4) is 0 Å². The molecule has 2 fully saturated rings. The second-order valence-corrected chi connectivity index (χ2v) is 4.92. The molecule has 2 atom stereocenters. The molecule has 74 valence electrons. The van der Waals surface area contributed by atoms with Crippen LogP contribution in [0.4, 0.5) is 0 Å². The molecule has 0 bridgehead atoms. The molecule has 0 spiro atoms. The maximum atomic E-state index is 2.56. The molecule has 0 aromatic heterocycles. The first kappa shape index (κ1) is 9.30. The summed E-state index contributed by atoms with van der Waals surface area (Å²) in [7, 11) is 0. The number of hydrogen-bond acceptors (Lipinski definition) is 0. The topological polar surface area (TPSA) is 0 Å². The van der Waals surface area contributed by atoms with E-state index in [1.807, 2.05) is 0 Å². The van der Waals surface area contributed by atoms with Gasteiger partial charge < -0.3 is 0 Å². The third-order valence-electron chi connectivity index (χ3n) is 3.90. The SMILES string of the molecule is CCCCCC=CC12CCCC1C2. The molecule has 0 aromatic carbocycles. The minimum atomic E-state index is 0.728. The van der Waals surface area contributed by atoms with Gasteiger partial charge in [-0.25, -0.2) is 0 Å². The van der Waals surface area contributed by atoms with Crippen molar-refractivity contribution in [2.45, 2.75) is 58.3 Å². The molecule has 2 saturated carbocycles. The molecule has 0 saturated heterocycles. The molecule has 0 aromatic rings. The number of rotatable bonds is 5. The van der Waals surface area contributed by atoms with E-state index < -0.39 is 0 Å². The molecule has 13 heavy (non-hydrogen) atoms. The zero-order valence-electron chi connectivity index (χ0n) is 8.89. The summed E-state index contributed by atoms with van der Waals surface area (Å²) >= 11 is 0. The summed E-state index contributed by atoms with van der Waals surface area (Å²) in [5.74, 6) is 1.09. The van der Waals surface area contributed by atoms with E-state index in [2.05, 4.69) is 19.1 Å². The highest BCUT2D eigenvalue weighted by atomic mass is 14.6. The largest absolute Gasteiger partial charge is 0.0880 e. The highest BCUT2D eigenvalue weighted by molar-refractivity contribution is 5.17. The minimum absolute atomic E-state index is 0.728. The highest BCUT2D eigenvalue weighted by Gasteiger charge is 2.54. The Labute approximate surface area is 82.4 Å². The van der Waals surface area contributed by atoms with Crippen LogP contribution in [0, 0.1) is 11.3 Å². The van der Waals surface area contributed by atoms with Gasteiger partial charge in [-0.3, -0.25) is 0 Å². The normalized spacial score (nSPS) is 36.8. The average molecular weight is 178 g/mol. The van der Waals surface area contributed by atoms with Gasteiger partial charge in [0.2, 0.25) is 0 Å². The number of hydrogen-bond donors (Lipinski definition) is 0. The van der Waals surface area contributed by atoms with Gasteiger partial charge in [-0.2, -0.15) is 0 Å². The zero-order valence-corrected chi connectivity index (χ0v) is 8.89. The van der Waals surface area contributed by atoms with Gasteiger partial charge in [0, 0.05) is 0 Å². The predicted octanol–water partition coefficient (Wildman–Crippen LogP) is 4.31. The number of fused-ring (bicyclic) bond motifs is 1. The summed E-state index contributed by atoms with van der Waals surface area (Å²) in [6.45, 7) is 2.27. The average Bonchev–Trinajstić information content (AvgIpc) is 2.69. The highest BCUT2D eigenvalue weighted by Crippen LogP contribution is 2.64. The first-order chi connectivity index (χ1) is 6.37. The molecule has 2 rings (SSSR count). The van der Waals surface area contributed by atoms with Gasteiger partial charge in [-0.05, 0) is 43.4 Å². The van der Waals surface area contributed by atoms with Crippen molar-refractivity contribution in [2.75, 3.05) is 0 Å². The third kappa shape index (κ3) is 1.98. The van der Waals surface area contributed by atoms with Crippen molar-refractivity contribution in [2.24, 2.45) is 11.3 Å². The lowest BCUT2D eigenvalue weighted by Gasteiger charge is -2.03. The Morgan fingerprint density at radius 1 is 1.38 bits per heavy atom. The second kappa shape index (κ2) is 3.86. The molecule has 0 nitrogen and oxygen atoms in total. The fraction of sp³-hybridized carbons (Fsp3) is 0.846. The first-order valence-corrected chi connectivity index (χ1v) is 6.05. The summed E-state index contributed by atoms with van der Waals surface area (Å²) in [4.78, 5) is 0. The summed E-state index contributed by atoms with van der Waals surface area (Å²) in [6, 6.07) is 0. The van der Waals surface area contributed by atoms with Crippen LogP contribution < -0.4 is 0 Å².